The Balaban J connectivity index is 1.41. The van der Waals surface area contributed by atoms with Crippen molar-refractivity contribution in [1.82, 2.24) is 4.98 Å². The summed E-state index contributed by atoms with van der Waals surface area (Å²) in [5, 5.41) is 4.59. The lowest BCUT2D eigenvalue weighted by atomic mass is 9.79. The van der Waals surface area contributed by atoms with Gasteiger partial charge in [0.1, 0.15) is 0 Å². The number of rotatable bonds is 7. The number of sulfonamides is 1. The molecule has 33 heavy (non-hydrogen) atoms. The third-order valence-electron chi connectivity index (χ3n) is 6.60. The van der Waals surface area contributed by atoms with Gasteiger partial charge in [0.2, 0.25) is 15.9 Å². The molecule has 1 aromatic heterocycles. The van der Waals surface area contributed by atoms with E-state index >= 15 is 0 Å². The Morgan fingerprint density at radius 1 is 1.12 bits per heavy atom. The molecule has 1 amide bonds. The van der Waals surface area contributed by atoms with E-state index in [1.807, 2.05) is 52.0 Å². The van der Waals surface area contributed by atoms with Crippen molar-refractivity contribution in [2.45, 2.75) is 76.3 Å². The Morgan fingerprint density at radius 3 is 2.24 bits per heavy atom. The van der Waals surface area contributed by atoms with Crippen LogP contribution in [0.1, 0.15) is 60.1 Å². The number of amides is 1. The molecule has 2 fully saturated rings. The topological polar surface area (TPSA) is 107 Å². The van der Waals surface area contributed by atoms with Crippen molar-refractivity contribution < 1.29 is 22.5 Å². The largest absolute Gasteiger partial charge is 0.494 e. The molecule has 0 unspecified atom stereocenters. The Hall–Kier alpha value is -1.95. The van der Waals surface area contributed by atoms with Crippen LogP contribution in [-0.4, -0.2) is 42.9 Å². The number of benzene rings is 1. The minimum Gasteiger partial charge on any atom is -0.399 e. The lowest BCUT2D eigenvalue weighted by molar-refractivity contribution is -0.120. The summed E-state index contributed by atoms with van der Waals surface area (Å²) in [4.78, 5) is 17.4. The number of hydrogen-bond acceptors (Lipinski definition) is 7. The Bertz CT molecular complexity index is 1140. The first-order chi connectivity index (χ1) is 15.2. The Kier molecular flexibility index (Phi) is 5.92. The molecule has 1 aromatic carbocycles. The molecule has 2 heterocycles. The molecule has 0 radical (unpaired) electrons. The van der Waals surface area contributed by atoms with Crippen LogP contribution in [0.2, 0.25) is 0 Å². The fourth-order valence-electron chi connectivity index (χ4n) is 3.30. The lowest BCUT2D eigenvalue weighted by Crippen LogP contribution is -2.41. The quantitative estimate of drug-likeness (QED) is 0.576. The van der Waals surface area contributed by atoms with E-state index < -0.39 is 33.8 Å². The van der Waals surface area contributed by atoms with E-state index in [-0.39, 0.29) is 16.3 Å². The van der Waals surface area contributed by atoms with Crippen molar-refractivity contribution in [3.8, 4) is 0 Å². The molecule has 4 rings (SSSR count). The summed E-state index contributed by atoms with van der Waals surface area (Å²) in [5.41, 5.74) is 0.217. The summed E-state index contributed by atoms with van der Waals surface area (Å²) >= 11 is 1.18. The number of hydrogen-bond donors (Lipinski definition) is 2. The summed E-state index contributed by atoms with van der Waals surface area (Å²) < 4.78 is 39.0. The standard InChI is InChI=1S/C22H30BN3O5S2/c1-20(2,17-13-32-19(25-17)26-33(28,29)16-11-12-16)18(27)24-15-9-7-14(8-10-15)23-30-21(3,4)22(5,6)31-23/h7-10,13,16H,11-12H2,1-6H3,(H,24,27)(H,25,26). The molecule has 2 aliphatic rings. The second-order valence-electron chi connectivity index (χ2n) is 10.2. The Morgan fingerprint density at radius 2 is 1.70 bits per heavy atom. The molecule has 8 nitrogen and oxygen atoms in total. The maximum atomic E-state index is 13.0. The molecule has 1 saturated carbocycles. The highest BCUT2D eigenvalue weighted by Gasteiger charge is 2.51. The fourth-order valence-corrected chi connectivity index (χ4v) is 5.77. The Labute approximate surface area is 199 Å². The highest BCUT2D eigenvalue weighted by Crippen LogP contribution is 2.37. The van der Waals surface area contributed by atoms with E-state index in [0.717, 1.165) is 5.46 Å². The second-order valence-corrected chi connectivity index (χ2v) is 13.0. The molecule has 178 valence electrons. The van der Waals surface area contributed by atoms with Crippen LogP contribution in [0.25, 0.3) is 0 Å². The second kappa shape index (κ2) is 8.07. The van der Waals surface area contributed by atoms with Gasteiger partial charge in [0.05, 0.1) is 27.6 Å². The summed E-state index contributed by atoms with van der Waals surface area (Å²) in [6.07, 6.45) is 1.35. The van der Waals surface area contributed by atoms with Gasteiger partial charge in [0, 0.05) is 11.1 Å². The van der Waals surface area contributed by atoms with Crippen LogP contribution in [0.15, 0.2) is 29.6 Å². The van der Waals surface area contributed by atoms with E-state index in [0.29, 0.717) is 24.2 Å². The van der Waals surface area contributed by atoms with Crippen LogP contribution in [0.3, 0.4) is 0 Å². The van der Waals surface area contributed by atoms with Crippen molar-refractivity contribution >= 4 is 50.7 Å². The number of anilines is 2. The van der Waals surface area contributed by atoms with Crippen LogP contribution in [0, 0.1) is 0 Å². The van der Waals surface area contributed by atoms with E-state index in [2.05, 4.69) is 15.0 Å². The summed E-state index contributed by atoms with van der Waals surface area (Å²) in [6, 6.07) is 7.37. The molecule has 11 heteroatoms. The van der Waals surface area contributed by atoms with Gasteiger partial charge in [-0.2, -0.15) is 0 Å². The molecule has 1 aliphatic heterocycles. The van der Waals surface area contributed by atoms with Crippen LogP contribution in [-0.2, 0) is 29.5 Å². The van der Waals surface area contributed by atoms with Gasteiger partial charge in [-0.25, -0.2) is 13.4 Å². The first kappa shape index (κ1) is 24.2. The maximum absolute atomic E-state index is 13.0. The number of nitrogens with one attached hydrogen (secondary N) is 2. The monoisotopic (exact) mass is 491 g/mol. The van der Waals surface area contributed by atoms with Crippen molar-refractivity contribution in [1.29, 1.82) is 0 Å². The minimum absolute atomic E-state index is 0.243. The summed E-state index contributed by atoms with van der Waals surface area (Å²) in [7, 11) is -3.86. The third kappa shape index (κ3) is 4.82. The highest BCUT2D eigenvalue weighted by atomic mass is 32.2. The van der Waals surface area contributed by atoms with Gasteiger partial charge in [0.15, 0.2) is 5.13 Å². The van der Waals surface area contributed by atoms with Crippen molar-refractivity contribution in [3.63, 3.8) is 0 Å². The molecule has 0 bridgehead atoms. The van der Waals surface area contributed by atoms with Crippen LogP contribution in [0.5, 0.6) is 0 Å². The van der Waals surface area contributed by atoms with Gasteiger partial charge < -0.3 is 14.6 Å². The average molecular weight is 491 g/mol. The molecular weight excluding hydrogens is 461 g/mol. The molecule has 2 aromatic rings. The molecular formula is C22H30BN3O5S2. The van der Waals surface area contributed by atoms with Gasteiger partial charge in [-0.15, -0.1) is 11.3 Å². The summed E-state index contributed by atoms with van der Waals surface area (Å²) in [6.45, 7) is 11.5. The minimum atomic E-state index is -3.39. The normalized spacial score (nSPS) is 20.0. The lowest BCUT2D eigenvalue weighted by Gasteiger charge is -2.32. The highest BCUT2D eigenvalue weighted by molar-refractivity contribution is 7.93. The number of thiazole rings is 1. The van der Waals surface area contributed by atoms with Crippen molar-refractivity contribution in [2.75, 3.05) is 10.0 Å². The van der Waals surface area contributed by atoms with Gasteiger partial charge >= 0.3 is 7.12 Å². The van der Waals surface area contributed by atoms with E-state index in [9.17, 15) is 13.2 Å². The number of carbonyl (C=O) groups is 1. The fraction of sp³-hybridized carbons (Fsp3) is 0.545. The molecule has 0 spiro atoms. The van der Waals surface area contributed by atoms with Crippen LogP contribution >= 0.6 is 11.3 Å². The predicted molar refractivity (Wildman–Crippen MR) is 131 cm³/mol. The van der Waals surface area contributed by atoms with Crippen LogP contribution < -0.4 is 15.5 Å². The van der Waals surface area contributed by atoms with Crippen molar-refractivity contribution in [2.24, 2.45) is 0 Å². The van der Waals surface area contributed by atoms with Gasteiger partial charge in [-0.1, -0.05) is 12.1 Å². The van der Waals surface area contributed by atoms with E-state index in [1.165, 1.54) is 11.3 Å². The third-order valence-corrected chi connectivity index (χ3v) is 9.31. The van der Waals surface area contributed by atoms with E-state index in [1.54, 1.807) is 19.2 Å². The summed E-state index contributed by atoms with van der Waals surface area (Å²) in [5.74, 6) is -0.243. The molecule has 1 aliphatic carbocycles. The predicted octanol–water partition coefficient (Wildman–Crippen LogP) is 3.26. The number of aromatic nitrogens is 1. The van der Waals surface area contributed by atoms with Gasteiger partial charge in [0.25, 0.3) is 0 Å². The smallest absolute Gasteiger partial charge is 0.399 e. The van der Waals surface area contributed by atoms with Crippen LogP contribution in [0.4, 0.5) is 10.8 Å². The zero-order chi connectivity index (χ0) is 24.2. The number of nitrogens with zero attached hydrogens (tertiary/aromatic N) is 1. The van der Waals surface area contributed by atoms with Gasteiger partial charge in [-0.3, -0.25) is 9.52 Å². The number of carbonyl (C=O) groups excluding carboxylic acids is 1. The zero-order valence-corrected chi connectivity index (χ0v) is 21.4. The first-order valence-electron chi connectivity index (χ1n) is 11.0. The first-order valence-corrected chi connectivity index (χ1v) is 13.4. The van der Waals surface area contributed by atoms with E-state index in [4.69, 9.17) is 9.31 Å². The maximum Gasteiger partial charge on any atom is 0.494 e. The molecule has 0 atom stereocenters. The molecule has 1 saturated heterocycles. The molecule has 2 N–H and O–H groups in total. The zero-order valence-electron chi connectivity index (χ0n) is 19.8. The average Bonchev–Trinajstić information content (AvgIpc) is 3.43. The SMILES string of the molecule is CC(C)(C(=O)Nc1ccc(B2OC(C)(C)C(C)(C)O2)cc1)c1csc(NS(=O)(=O)C2CC2)n1. The van der Waals surface area contributed by atoms with Gasteiger partial charge in [-0.05, 0) is 72.0 Å². The van der Waals surface area contributed by atoms with Crippen molar-refractivity contribution in [3.05, 3.63) is 35.3 Å².